The lowest BCUT2D eigenvalue weighted by molar-refractivity contribution is 0.228. The molecule has 1 unspecified atom stereocenters. The highest BCUT2D eigenvalue weighted by Gasteiger charge is 2.09. The molecule has 2 N–H and O–H groups in total. The van der Waals surface area contributed by atoms with Crippen LogP contribution < -0.4 is 5.32 Å². The van der Waals surface area contributed by atoms with Crippen molar-refractivity contribution in [3.05, 3.63) is 15.9 Å². The van der Waals surface area contributed by atoms with E-state index >= 15 is 0 Å². The molecule has 1 rings (SSSR count). The minimum Gasteiger partial charge on any atom is -0.396 e. The van der Waals surface area contributed by atoms with Crippen LogP contribution >= 0.6 is 15.9 Å². The summed E-state index contributed by atoms with van der Waals surface area (Å²) in [5.74, 6) is 0.405. The van der Waals surface area contributed by atoms with E-state index in [0.29, 0.717) is 5.92 Å². The van der Waals surface area contributed by atoms with Gasteiger partial charge in [-0.25, -0.2) is 0 Å². The fourth-order valence-electron chi connectivity index (χ4n) is 1.75. The third-order valence-electron chi connectivity index (χ3n) is 2.92. The van der Waals surface area contributed by atoms with Crippen molar-refractivity contribution in [3.63, 3.8) is 0 Å². The number of nitrogens with zero attached hydrogens (tertiary/aromatic N) is 2. The Morgan fingerprint density at radius 1 is 1.53 bits per heavy atom. The second kappa shape index (κ2) is 7.13. The van der Waals surface area contributed by atoms with Crippen molar-refractivity contribution >= 4 is 15.9 Å². The number of rotatable bonds is 7. The van der Waals surface area contributed by atoms with Crippen molar-refractivity contribution in [1.29, 1.82) is 0 Å². The molecule has 0 aliphatic rings. The zero-order valence-corrected chi connectivity index (χ0v) is 12.4. The topological polar surface area (TPSA) is 50.1 Å². The highest BCUT2D eigenvalue weighted by Crippen LogP contribution is 2.19. The quantitative estimate of drug-likeness (QED) is 0.758. The van der Waals surface area contributed by atoms with Crippen LogP contribution in [0.1, 0.15) is 31.2 Å². The van der Waals surface area contributed by atoms with Gasteiger partial charge in [0.2, 0.25) is 0 Å². The molecule has 0 aliphatic heterocycles. The standard InChI is InChI=1S/C12H22BrN3O/c1-9(8-17)5-4-6-14-7-11-12(13)10(2)15-16(11)3/h9,14,17H,4-8H2,1-3H3. The molecule has 0 amide bonds. The SMILES string of the molecule is Cc1nn(C)c(CNCCCC(C)CO)c1Br. The molecular formula is C12H22BrN3O. The van der Waals surface area contributed by atoms with Crippen molar-refractivity contribution in [3.8, 4) is 0 Å². The summed E-state index contributed by atoms with van der Waals surface area (Å²) in [6.07, 6.45) is 2.16. The molecule has 0 fully saturated rings. The molecule has 4 nitrogen and oxygen atoms in total. The highest BCUT2D eigenvalue weighted by atomic mass is 79.9. The van der Waals surface area contributed by atoms with Crippen LogP contribution in [0.25, 0.3) is 0 Å². The first kappa shape index (κ1) is 14.7. The maximum atomic E-state index is 8.91. The molecule has 1 aromatic heterocycles. The van der Waals surface area contributed by atoms with Crippen molar-refractivity contribution < 1.29 is 5.11 Å². The van der Waals surface area contributed by atoms with Crippen LogP contribution in [0.5, 0.6) is 0 Å². The van der Waals surface area contributed by atoms with Crippen LogP contribution in [0, 0.1) is 12.8 Å². The summed E-state index contributed by atoms with van der Waals surface area (Å²) >= 11 is 3.55. The Balaban J connectivity index is 2.27. The molecule has 0 bridgehead atoms. The van der Waals surface area contributed by atoms with Gasteiger partial charge < -0.3 is 10.4 Å². The lowest BCUT2D eigenvalue weighted by atomic mass is 10.1. The summed E-state index contributed by atoms with van der Waals surface area (Å²) in [6.45, 7) is 6.15. The van der Waals surface area contributed by atoms with Gasteiger partial charge in [0.1, 0.15) is 0 Å². The van der Waals surface area contributed by atoms with Crippen LogP contribution in [0.3, 0.4) is 0 Å². The lowest BCUT2D eigenvalue weighted by Gasteiger charge is -2.08. The molecule has 1 aromatic rings. The molecule has 0 saturated carbocycles. The maximum absolute atomic E-state index is 8.91. The summed E-state index contributed by atoms with van der Waals surface area (Å²) in [4.78, 5) is 0. The molecule has 1 atom stereocenters. The number of hydrogen-bond acceptors (Lipinski definition) is 3. The van der Waals surface area contributed by atoms with Crippen LogP contribution in [-0.4, -0.2) is 28.0 Å². The van der Waals surface area contributed by atoms with E-state index in [9.17, 15) is 0 Å². The van der Waals surface area contributed by atoms with E-state index in [1.165, 1.54) is 5.69 Å². The summed E-state index contributed by atoms with van der Waals surface area (Å²) in [6, 6.07) is 0. The third kappa shape index (κ3) is 4.41. The van der Waals surface area contributed by atoms with E-state index < -0.39 is 0 Å². The first-order chi connectivity index (χ1) is 8.06. The molecule has 0 aliphatic carbocycles. The van der Waals surface area contributed by atoms with Crippen molar-refractivity contribution in [2.75, 3.05) is 13.2 Å². The number of halogens is 1. The van der Waals surface area contributed by atoms with Crippen molar-refractivity contribution in [2.24, 2.45) is 13.0 Å². The highest BCUT2D eigenvalue weighted by molar-refractivity contribution is 9.10. The van der Waals surface area contributed by atoms with E-state index in [0.717, 1.165) is 36.1 Å². The average Bonchev–Trinajstić information content (AvgIpc) is 2.54. The second-order valence-electron chi connectivity index (χ2n) is 4.58. The fraction of sp³-hybridized carbons (Fsp3) is 0.750. The summed E-state index contributed by atoms with van der Waals surface area (Å²) in [7, 11) is 1.96. The number of aromatic nitrogens is 2. The molecule has 98 valence electrons. The van der Waals surface area contributed by atoms with Crippen LogP contribution in [0.4, 0.5) is 0 Å². The average molecular weight is 304 g/mol. The molecule has 0 spiro atoms. The predicted molar refractivity (Wildman–Crippen MR) is 72.8 cm³/mol. The molecule has 0 saturated heterocycles. The lowest BCUT2D eigenvalue weighted by Crippen LogP contribution is -2.18. The van der Waals surface area contributed by atoms with E-state index in [1.54, 1.807) is 0 Å². The second-order valence-corrected chi connectivity index (χ2v) is 5.37. The summed E-state index contributed by atoms with van der Waals surface area (Å²) < 4.78 is 3.00. The van der Waals surface area contributed by atoms with E-state index in [4.69, 9.17) is 5.11 Å². The first-order valence-electron chi connectivity index (χ1n) is 6.05. The van der Waals surface area contributed by atoms with Gasteiger partial charge in [-0.1, -0.05) is 6.92 Å². The largest absolute Gasteiger partial charge is 0.396 e. The minimum absolute atomic E-state index is 0.284. The minimum atomic E-state index is 0.284. The zero-order chi connectivity index (χ0) is 12.8. The van der Waals surface area contributed by atoms with Gasteiger partial charge in [-0.05, 0) is 48.2 Å². The molecule has 17 heavy (non-hydrogen) atoms. The normalized spacial score (nSPS) is 13.0. The van der Waals surface area contributed by atoms with E-state index in [2.05, 4.69) is 33.3 Å². The Hall–Kier alpha value is -0.390. The van der Waals surface area contributed by atoms with Gasteiger partial charge in [0.15, 0.2) is 0 Å². The van der Waals surface area contributed by atoms with Gasteiger partial charge in [-0.2, -0.15) is 5.10 Å². The fourth-order valence-corrected chi connectivity index (χ4v) is 2.22. The smallest absolute Gasteiger partial charge is 0.0739 e. The number of aryl methyl sites for hydroxylation is 2. The van der Waals surface area contributed by atoms with E-state index in [1.807, 2.05) is 18.7 Å². The van der Waals surface area contributed by atoms with Gasteiger partial charge in [0.25, 0.3) is 0 Å². The predicted octanol–water partition coefficient (Wildman–Crippen LogP) is 1.99. The molecule has 0 radical (unpaired) electrons. The number of aliphatic hydroxyl groups is 1. The number of hydrogen-bond donors (Lipinski definition) is 2. The monoisotopic (exact) mass is 303 g/mol. The van der Waals surface area contributed by atoms with Gasteiger partial charge in [-0.3, -0.25) is 4.68 Å². The summed E-state index contributed by atoms with van der Waals surface area (Å²) in [5, 5.41) is 16.7. The Morgan fingerprint density at radius 3 is 2.76 bits per heavy atom. The van der Waals surface area contributed by atoms with Crippen LogP contribution in [0.2, 0.25) is 0 Å². The number of aliphatic hydroxyl groups excluding tert-OH is 1. The third-order valence-corrected chi connectivity index (χ3v) is 3.95. The van der Waals surface area contributed by atoms with E-state index in [-0.39, 0.29) is 6.61 Å². The molecular weight excluding hydrogens is 282 g/mol. The molecule has 5 heteroatoms. The zero-order valence-electron chi connectivity index (χ0n) is 10.8. The van der Waals surface area contributed by atoms with Crippen LogP contribution in [0.15, 0.2) is 4.47 Å². The van der Waals surface area contributed by atoms with Crippen molar-refractivity contribution in [1.82, 2.24) is 15.1 Å². The van der Waals surface area contributed by atoms with Gasteiger partial charge in [-0.15, -0.1) is 0 Å². The summed E-state index contributed by atoms with van der Waals surface area (Å²) in [5.41, 5.74) is 2.20. The van der Waals surface area contributed by atoms with Gasteiger partial charge >= 0.3 is 0 Å². The van der Waals surface area contributed by atoms with Crippen LogP contribution in [-0.2, 0) is 13.6 Å². The van der Waals surface area contributed by atoms with Gasteiger partial charge in [0, 0.05) is 20.2 Å². The molecule has 0 aromatic carbocycles. The Kier molecular flexibility index (Phi) is 6.16. The van der Waals surface area contributed by atoms with Crippen molar-refractivity contribution in [2.45, 2.75) is 33.2 Å². The Labute approximate surface area is 112 Å². The first-order valence-corrected chi connectivity index (χ1v) is 6.85. The Bertz CT molecular complexity index is 352. The number of nitrogens with one attached hydrogen (secondary N) is 1. The van der Waals surface area contributed by atoms with Gasteiger partial charge in [0.05, 0.1) is 15.9 Å². The molecule has 1 heterocycles. The maximum Gasteiger partial charge on any atom is 0.0739 e. The Morgan fingerprint density at radius 2 is 2.24 bits per heavy atom.